The lowest BCUT2D eigenvalue weighted by Crippen LogP contribution is -2.32. The number of nitrogens with zero attached hydrogens (tertiary/aromatic N) is 2. The maximum absolute atomic E-state index is 13.2. The number of pyridine rings is 1. The standard InChI is InChI=1S/C28H24ClFN4O2S/c1-17-5-6-18(16-21(17)29)23-11-12-24(36-23)27-26(22-4-2-3-14-31-22)33-28(37)34(27)15-13-25(35)32-20-9-7-19(30)8-10-20/h2-12,14,16,26-27H,13,15H2,1H3,(H,32,35)(H,33,37)/t26-,27-/m1/s1. The Labute approximate surface area is 224 Å². The number of aryl methyl sites for hydroxylation is 1. The molecule has 0 radical (unpaired) electrons. The van der Waals surface area contributed by atoms with E-state index in [9.17, 15) is 9.18 Å². The molecule has 2 aromatic carbocycles. The van der Waals surface area contributed by atoms with Crippen molar-refractivity contribution in [3.8, 4) is 11.3 Å². The first-order chi connectivity index (χ1) is 17.9. The van der Waals surface area contributed by atoms with Gasteiger partial charge in [-0.25, -0.2) is 4.39 Å². The van der Waals surface area contributed by atoms with Gasteiger partial charge in [0.25, 0.3) is 0 Å². The highest BCUT2D eigenvalue weighted by molar-refractivity contribution is 7.80. The van der Waals surface area contributed by atoms with Gasteiger partial charge in [-0.15, -0.1) is 0 Å². The number of rotatable bonds is 7. The molecule has 0 aliphatic carbocycles. The molecule has 2 aromatic heterocycles. The van der Waals surface area contributed by atoms with E-state index in [-0.39, 0.29) is 30.2 Å². The predicted molar refractivity (Wildman–Crippen MR) is 146 cm³/mol. The lowest BCUT2D eigenvalue weighted by Gasteiger charge is -2.25. The van der Waals surface area contributed by atoms with Crippen LogP contribution in [0.15, 0.2) is 83.4 Å². The Kier molecular flexibility index (Phi) is 7.21. The number of benzene rings is 2. The zero-order valence-electron chi connectivity index (χ0n) is 19.9. The Morgan fingerprint density at radius 1 is 1.16 bits per heavy atom. The van der Waals surface area contributed by atoms with E-state index >= 15 is 0 Å². The van der Waals surface area contributed by atoms with Gasteiger partial charge in [-0.1, -0.05) is 29.8 Å². The number of nitrogens with one attached hydrogen (secondary N) is 2. The number of anilines is 1. The van der Waals surface area contributed by atoms with E-state index in [0.717, 1.165) is 16.8 Å². The average molecular weight is 535 g/mol. The molecule has 6 nitrogen and oxygen atoms in total. The molecule has 0 unspecified atom stereocenters. The molecule has 37 heavy (non-hydrogen) atoms. The number of hydrogen-bond acceptors (Lipinski definition) is 4. The molecular weight excluding hydrogens is 511 g/mol. The van der Waals surface area contributed by atoms with E-state index in [2.05, 4.69) is 15.6 Å². The van der Waals surface area contributed by atoms with Gasteiger partial charge in [0, 0.05) is 35.4 Å². The number of carbonyl (C=O) groups is 1. The first kappa shape index (κ1) is 24.9. The Hall–Kier alpha value is -3.75. The second kappa shape index (κ2) is 10.7. The summed E-state index contributed by atoms with van der Waals surface area (Å²) >= 11 is 12.0. The number of aromatic nitrogens is 1. The van der Waals surface area contributed by atoms with E-state index in [1.54, 1.807) is 6.20 Å². The fourth-order valence-corrected chi connectivity index (χ4v) is 4.86. The van der Waals surface area contributed by atoms with Crippen LogP contribution in [0.2, 0.25) is 5.02 Å². The molecule has 5 rings (SSSR count). The Morgan fingerprint density at radius 3 is 2.70 bits per heavy atom. The van der Waals surface area contributed by atoms with Crippen LogP contribution in [-0.2, 0) is 4.79 Å². The maximum atomic E-state index is 13.2. The van der Waals surface area contributed by atoms with E-state index in [1.165, 1.54) is 24.3 Å². The molecule has 1 saturated heterocycles. The summed E-state index contributed by atoms with van der Waals surface area (Å²) in [5.41, 5.74) is 3.20. The third-order valence-electron chi connectivity index (χ3n) is 6.28. The SMILES string of the molecule is Cc1ccc(-c2ccc([C@@H]3[C@@H](c4ccccn4)NC(=S)N3CCC(=O)Nc3ccc(F)cc3)o2)cc1Cl. The second-order valence-electron chi connectivity index (χ2n) is 8.79. The summed E-state index contributed by atoms with van der Waals surface area (Å²) in [6.07, 6.45) is 1.91. The number of thiocarbonyl (C=S) groups is 1. The van der Waals surface area contributed by atoms with Gasteiger partial charge in [0.05, 0.1) is 11.7 Å². The van der Waals surface area contributed by atoms with Crippen LogP contribution in [0.5, 0.6) is 0 Å². The van der Waals surface area contributed by atoms with Crippen molar-refractivity contribution < 1.29 is 13.6 Å². The van der Waals surface area contributed by atoms with Gasteiger partial charge < -0.3 is 20.0 Å². The Balaban J connectivity index is 1.40. The van der Waals surface area contributed by atoms with Crippen molar-refractivity contribution in [2.75, 3.05) is 11.9 Å². The third-order valence-corrected chi connectivity index (χ3v) is 7.04. The molecule has 0 bridgehead atoms. The number of halogens is 2. The molecule has 3 heterocycles. The Bertz CT molecular complexity index is 1430. The van der Waals surface area contributed by atoms with E-state index in [0.29, 0.717) is 33.9 Å². The van der Waals surface area contributed by atoms with Crippen molar-refractivity contribution in [1.29, 1.82) is 0 Å². The molecule has 0 spiro atoms. The highest BCUT2D eigenvalue weighted by Crippen LogP contribution is 2.40. The molecule has 2 atom stereocenters. The average Bonchev–Trinajstić information content (AvgIpc) is 3.51. The van der Waals surface area contributed by atoms with Crippen molar-refractivity contribution in [2.24, 2.45) is 0 Å². The van der Waals surface area contributed by atoms with Crippen molar-refractivity contribution in [1.82, 2.24) is 15.2 Å². The molecule has 1 aliphatic rings. The van der Waals surface area contributed by atoms with E-state index < -0.39 is 0 Å². The van der Waals surface area contributed by atoms with Crippen LogP contribution in [0, 0.1) is 12.7 Å². The summed E-state index contributed by atoms with van der Waals surface area (Å²) in [5, 5.41) is 7.32. The zero-order valence-corrected chi connectivity index (χ0v) is 21.5. The van der Waals surface area contributed by atoms with Crippen LogP contribution in [0.4, 0.5) is 10.1 Å². The van der Waals surface area contributed by atoms with Crippen LogP contribution in [0.25, 0.3) is 11.3 Å². The maximum Gasteiger partial charge on any atom is 0.226 e. The fraction of sp³-hybridized carbons (Fsp3) is 0.179. The molecule has 0 saturated carbocycles. The Morgan fingerprint density at radius 2 is 1.97 bits per heavy atom. The monoisotopic (exact) mass is 534 g/mol. The zero-order chi connectivity index (χ0) is 25.9. The van der Waals surface area contributed by atoms with Crippen molar-refractivity contribution in [3.63, 3.8) is 0 Å². The summed E-state index contributed by atoms with van der Waals surface area (Å²) in [7, 11) is 0. The van der Waals surface area contributed by atoms with Crippen LogP contribution in [0.1, 0.15) is 35.5 Å². The third kappa shape index (κ3) is 5.50. The first-order valence-corrected chi connectivity index (χ1v) is 12.6. The van der Waals surface area contributed by atoms with Crippen LogP contribution in [0.3, 0.4) is 0 Å². The van der Waals surface area contributed by atoms with Gasteiger partial charge in [0.2, 0.25) is 5.91 Å². The molecule has 188 valence electrons. The topological polar surface area (TPSA) is 70.4 Å². The van der Waals surface area contributed by atoms with Crippen LogP contribution < -0.4 is 10.6 Å². The first-order valence-electron chi connectivity index (χ1n) is 11.8. The molecule has 2 N–H and O–H groups in total. The number of hydrogen-bond donors (Lipinski definition) is 2. The van der Waals surface area contributed by atoms with Crippen LogP contribution >= 0.6 is 23.8 Å². The van der Waals surface area contributed by atoms with Gasteiger partial charge in [-0.05, 0) is 79.3 Å². The van der Waals surface area contributed by atoms with Gasteiger partial charge in [-0.3, -0.25) is 9.78 Å². The van der Waals surface area contributed by atoms with E-state index in [4.69, 9.17) is 28.2 Å². The molecule has 1 amide bonds. The second-order valence-corrected chi connectivity index (χ2v) is 9.58. The predicted octanol–water partition coefficient (Wildman–Crippen LogP) is 6.44. The minimum atomic E-state index is -0.361. The summed E-state index contributed by atoms with van der Waals surface area (Å²) in [5.74, 6) is 0.807. The van der Waals surface area contributed by atoms with Crippen molar-refractivity contribution in [3.05, 3.63) is 107 Å². The van der Waals surface area contributed by atoms with Crippen molar-refractivity contribution >= 4 is 40.5 Å². The van der Waals surface area contributed by atoms with E-state index in [1.807, 2.05) is 60.4 Å². The number of amides is 1. The largest absolute Gasteiger partial charge is 0.459 e. The summed E-state index contributed by atoms with van der Waals surface area (Å²) in [6.45, 7) is 2.30. The summed E-state index contributed by atoms with van der Waals surface area (Å²) < 4.78 is 19.5. The lowest BCUT2D eigenvalue weighted by atomic mass is 10.0. The number of furan rings is 1. The quantitative estimate of drug-likeness (QED) is 0.266. The smallest absolute Gasteiger partial charge is 0.226 e. The van der Waals surface area contributed by atoms with Gasteiger partial charge in [0.15, 0.2) is 5.11 Å². The minimum Gasteiger partial charge on any atom is -0.459 e. The van der Waals surface area contributed by atoms with Gasteiger partial charge >= 0.3 is 0 Å². The minimum absolute atomic E-state index is 0.172. The highest BCUT2D eigenvalue weighted by atomic mass is 35.5. The number of carbonyl (C=O) groups excluding carboxylic acids is 1. The highest BCUT2D eigenvalue weighted by Gasteiger charge is 2.41. The molecule has 9 heteroatoms. The van der Waals surface area contributed by atoms with Gasteiger partial charge in [-0.2, -0.15) is 0 Å². The summed E-state index contributed by atoms with van der Waals surface area (Å²) in [6, 6.07) is 20.4. The summed E-state index contributed by atoms with van der Waals surface area (Å²) in [4.78, 5) is 19.1. The normalized spacial score (nSPS) is 17.1. The van der Waals surface area contributed by atoms with Crippen LogP contribution in [-0.4, -0.2) is 27.4 Å². The van der Waals surface area contributed by atoms with Crippen molar-refractivity contribution in [2.45, 2.75) is 25.4 Å². The lowest BCUT2D eigenvalue weighted by molar-refractivity contribution is -0.116. The fourth-order valence-electron chi connectivity index (χ4n) is 4.35. The molecule has 4 aromatic rings. The van der Waals surface area contributed by atoms with Gasteiger partial charge in [0.1, 0.15) is 23.4 Å². The molecular formula is C28H24ClFN4O2S. The molecule has 1 aliphatic heterocycles. The molecule has 1 fully saturated rings.